The number of hydrogen-bond donors (Lipinski definition) is 2. The van der Waals surface area contributed by atoms with E-state index in [1.54, 1.807) is 0 Å². The van der Waals surface area contributed by atoms with Gasteiger partial charge in [0, 0.05) is 19.4 Å². The lowest BCUT2D eigenvalue weighted by Crippen LogP contribution is -2.29. The molecule has 2 unspecified atom stereocenters. The summed E-state index contributed by atoms with van der Waals surface area (Å²) < 4.78 is 33.1. The molecule has 0 rings (SSSR count). The monoisotopic (exact) mass is 1070 g/mol. The molecule has 0 aliphatic rings. The van der Waals surface area contributed by atoms with Crippen molar-refractivity contribution in [2.45, 2.75) is 277 Å². The van der Waals surface area contributed by atoms with Gasteiger partial charge in [-0.3, -0.25) is 18.6 Å². The average Bonchev–Trinajstić information content (AvgIpc) is 3.40. The van der Waals surface area contributed by atoms with Crippen molar-refractivity contribution in [1.82, 2.24) is 0 Å². The minimum atomic E-state index is -4.39. The van der Waals surface area contributed by atoms with Gasteiger partial charge in [0.2, 0.25) is 0 Å². The van der Waals surface area contributed by atoms with E-state index in [1.807, 2.05) is 0 Å². The van der Waals surface area contributed by atoms with Gasteiger partial charge >= 0.3 is 19.8 Å². The van der Waals surface area contributed by atoms with Crippen LogP contribution in [0.5, 0.6) is 0 Å². The second kappa shape index (κ2) is 60.2. The highest BCUT2D eigenvalue weighted by molar-refractivity contribution is 7.47. The minimum absolute atomic E-state index is 0.0497. The molecule has 75 heavy (non-hydrogen) atoms. The first-order valence-electron chi connectivity index (χ1n) is 30.7. The highest BCUT2D eigenvalue weighted by Gasteiger charge is 2.26. The Labute approximate surface area is 461 Å². The summed E-state index contributed by atoms with van der Waals surface area (Å²) in [5, 5.41) is 0. The van der Waals surface area contributed by atoms with E-state index >= 15 is 0 Å². The third kappa shape index (κ3) is 60.0. The van der Waals surface area contributed by atoms with E-state index in [2.05, 4.69) is 111 Å². The summed E-state index contributed by atoms with van der Waals surface area (Å²) in [7, 11) is -4.39. The number of hydrogen-bond acceptors (Lipinski definition) is 8. The molecule has 0 aromatic heterocycles. The van der Waals surface area contributed by atoms with Crippen molar-refractivity contribution in [2.24, 2.45) is 5.73 Å². The molecule has 0 saturated heterocycles. The van der Waals surface area contributed by atoms with Gasteiger partial charge in [-0.1, -0.05) is 259 Å². The topological polar surface area (TPSA) is 134 Å². The zero-order valence-electron chi connectivity index (χ0n) is 48.3. The summed E-state index contributed by atoms with van der Waals surface area (Å²) in [6.45, 7) is 3.63. The fraction of sp³-hybridized carbons (Fsp3) is 0.723. The SMILES string of the molecule is CC/C=C\C/C=C\C/C=C\C/C=C\C/C=C\C/C=C\CCCCCCCCCCCCCCCCC(=O)OC(COC(=O)CCCCCCCCCCC/C=C\C/C=C\CCCCCCC)COP(=O)(O)OCCN. The third-order valence-electron chi connectivity index (χ3n) is 13.0. The van der Waals surface area contributed by atoms with Crippen LogP contribution in [0.15, 0.2) is 97.2 Å². The van der Waals surface area contributed by atoms with E-state index < -0.39 is 26.5 Å². The maximum Gasteiger partial charge on any atom is 0.472 e. The molecule has 0 heterocycles. The van der Waals surface area contributed by atoms with Crippen molar-refractivity contribution in [3.63, 3.8) is 0 Å². The summed E-state index contributed by atoms with van der Waals surface area (Å²) >= 11 is 0. The molecular weight excluding hydrogens is 954 g/mol. The number of carbonyl (C=O) groups is 2. The predicted molar refractivity (Wildman–Crippen MR) is 321 cm³/mol. The van der Waals surface area contributed by atoms with E-state index in [9.17, 15) is 19.0 Å². The third-order valence-corrected chi connectivity index (χ3v) is 13.9. The zero-order valence-corrected chi connectivity index (χ0v) is 49.2. The maximum absolute atomic E-state index is 12.7. The van der Waals surface area contributed by atoms with Crippen LogP contribution in [0.1, 0.15) is 271 Å². The Kier molecular flexibility index (Phi) is 57.7. The Morgan fingerprint density at radius 1 is 0.413 bits per heavy atom. The van der Waals surface area contributed by atoms with Crippen LogP contribution < -0.4 is 5.73 Å². The molecule has 2 atom stereocenters. The van der Waals surface area contributed by atoms with Crippen molar-refractivity contribution < 1.29 is 37.6 Å². The molecule has 0 aromatic rings. The van der Waals surface area contributed by atoms with E-state index in [0.717, 1.165) is 89.9 Å². The molecule has 0 aliphatic heterocycles. The molecular formula is C65H114NO8P. The van der Waals surface area contributed by atoms with Crippen molar-refractivity contribution in [3.8, 4) is 0 Å². The Balaban J connectivity index is 3.95. The van der Waals surface area contributed by atoms with Crippen LogP contribution in [0, 0.1) is 0 Å². The quantitative estimate of drug-likeness (QED) is 0.0264. The van der Waals surface area contributed by atoms with Gasteiger partial charge in [-0.15, -0.1) is 0 Å². The Morgan fingerprint density at radius 3 is 1.09 bits per heavy atom. The Hall–Kier alpha value is -3.07. The fourth-order valence-electron chi connectivity index (χ4n) is 8.44. The number of carbonyl (C=O) groups excluding carboxylic acids is 2. The zero-order chi connectivity index (χ0) is 54.5. The van der Waals surface area contributed by atoms with E-state index in [4.69, 9.17) is 24.3 Å². The molecule has 432 valence electrons. The number of ether oxygens (including phenoxy) is 2. The van der Waals surface area contributed by atoms with Gasteiger partial charge in [-0.05, 0) is 96.3 Å². The molecule has 0 amide bonds. The molecule has 3 N–H and O–H groups in total. The lowest BCUT2D eigenvalue weighted by atomic mass is 10.0. The summed E-state index contributed by atoms with van der Waals surface area (Å²) in [6.07, 6.45) is 80.4. The van der Waals surface area contributed by atoms with Crippen LogP contribution in [-0.4, -0.2) is 49.3 Å². The van der Waals surface area contributed by atoms with Crippen LogP contribution in [0.4, 0.5) is 0 Å². The first-order chi connectivity index (χ1) is 36.8. The Bertz CT molecular complexity index is 1550. The molecule has 0 radical (unpaired) electrons. The molecule has 10 heteroatoms. The lowest BCUT2D eigenvalue weighted by molar-refractivity contribution is -0.161. The van der Waals surface area contributed by atoms with Gasteiger partial charge < -0.3 is 20.1 Å². The molecule has 0 fully saturated rings. The van der Waals surface area contributed by atoms with Gasteiger partial charge in [0.1, 0.15) is 6.61 Å². The van der Waals surface area contributed by atoms with Gasteiger partial charge in [0.25, 0.3) is 0 Å². The highest BCUT2D eigenvalue weighted by atomic mass is 31.2. The number of unbranched alkanes of at least 4 members (excludes halogenated alkanes) is 28. The predicted octanol–water partition coefficient (Wildman–Crippen LogP) is 19.6. The summed E-state index contributed by atoms with van der Waals surface area (Å²) in [6, 6.07) is 0. The second-order valence-electron chi connectivity index (χ2n) is 20.2. The smallest absolute Gasteiger partial charge is 0.462 e. The highest BCUT2D eigenvalue weighted by Crippen LogP contribution is 2.43. The van der Waals surface area contributed by atoms with Gasteiger partial charge in [-0.25, -0.2) is 4.57 Å². The standard InChI is InChI=1S/C65H114NO8P/c1-3-5-7-9-11-13-15-17-19-21-23-25-26-27-28-29-30-31-32-33-34-35-36-38-40-42-44-46-48-50-52-54-56-58-65(68)74-63(62-73-75(69,70)72-60-59-66)61-71-64(67)57-55-53-51-49-47-45-43-41-39-37-24-22-20-18-16-14-12-10-8-6-4-2/h5,7,11,13,16-19,22-25,27-28,30-31,63H,3-4,6,8-10,12,14-15,20-21,26,29,32-62,66H2,1-2H3,(H,69,70)/b7-5-,13-11-,18-16-,19-17-,24-22-,25-23-,28-27-,31-30-. The maximum atomic E-state index is 12.7. The molecule has 0 bridgehead atoms. The summed E-state index contributed by atoms with van der Waals surface area (Å²) in [4.78, 5) is 35.2. The second-order valence-corrected chi connectivity index (χ2v) is 21.6. The number of phosphoric ester groups is 1. The van der Waals surface area contributed by atoms with E-state index in [1.165, 1.54) is 148 Å². The van der Waals surface area contributed by atoms with Crippen LogP contribution in [0.25, 0.3) is 0 Å². The molecule has 0 saturated carbocycles. The van der Waals surface area contributed by atoms with Crippen molar-refractivity contribution in [3.05, 3.63) is 97.2 Å². The van der Waals surface area contributed by atoms with Crippen LogP contribution in [0.3, 0.4) is 0 Å². The number of nitrogens with two attached hydrogens (primary N) is 1. The molecule has 0 aliphatic carbocycles. The van der Waals surface area contributed by atoms with Crippen LogP contribution in [-0.2, 0) is 32.7 Å². The first kappa shape index (κ1) is 71.9. The normalized spacial score (nSPS) is 13.7. The number of rotatable bonds is 57. The Morgan fingerprint density at radius 2 is 0.733 bits per heavy atom. The molecule has 0 aromatic carbocycles. The van der Waals surface area contributed by atoms with Crippen molar-refractivity contribution in [1.29, 1.82) is 0 Å². The van der Waals surface area contributed by atoms with Gasteiger partial charge in [0.05, 0.1) is 13.2 Å². The summed E-state index contributed by atoms with van der Waals surface area (Å²) in [5.74, 6) is -0.830. The lowest BCUT2D eigenvalue weighted by Gasteiger charge is -2.19. The van der Waals surface area contributed by atoms with Gasteiger partial charge in [-0.2, -0.15) is 0 Å². The molecule has 9 nitrogen and oxygen atoms in total. The first-order valence-corrected chi connectivity index (χ1v) is 32.2. The number of esters is 2. The number of phosphoric acid groups is 1. The van der Waals surface area contributed by atoms with Crippen LogP contribution in [0.2, 0.25) is 0 Å². The average molecular weight is 1070 g/mol. The van der Waals surface area contributed by atoms with E-state index in [0.29, 0.717) is 6.42 Å². The van der Waals surface area contributed by atoms with E-state index in [-0.39, 0.29) is 38.6 Å². The van der Waals surface area contributed by atoms with Crippen LogP contribution >= 0.6 is 7.82 Å². The van der Waals surface area contributed by atoms with Gasteiger partial charge in [0.15, 0.2) is 6.10 Å². The number of allylic oxidation sites excluding steroid dienone is 16. The fourth-order valence-corrected chi connectivity index (χ4v) is 9.20. The largest absolute Gasteiger partial charge is 0.472 e. The van der Waals surface area contributed by atoms with Crippen molar-refractivity contribution >= 4 is 19.8 Å². The van der Waals surface area contributed by atoms with Crippen molar-refractivity contribution in [2.75, 3.05) is 26.4 Å². The minimum Gasteiger partial charge on any atom is -0.462 e. The summed E-state index contributed by atoms with van der Waals surface area (Å²) in [5.41, 5.74) is 5.39. The molecule has 0 spiro atoms.